The fourth-order valence-electron chi connectivity index (χ4n) is 2.89. The summed E-state index contributed by atoms with van der Waals surface area (Å²) in [6.45, 7) is 3.68. The molecule has 138 valence electrons. The van der Waals surface area contributed by atoms with Crippen molar-refractivity contribution >= 4 is 29.1 Å². The van der Waals surface area contributed by atoms with E-state index in [-0.39, 0.29) is 30.6 Å². The molecular weight excluding hydrogens is 348 g/mol. The van der Waals surface area contributed by atoms with E-state index in [1.807, 2.05) is 13.8 Å². The first-order valence-corrected chi connectivity index (χ1v) is 9.15. The Morgan fingerprint density at radius 2 is 2.28 bits per heavy atom. The van der Waals surface area contributed by atoms with Crippen LogP contribution in [0.1, 0.15) is 31.9 Å². The quantitative estimate of drug-likeness (QED) is 0.370. The van der Waals surface area contributed by atoms with Gasteiger partial charge >= 0.3 is 0 Å². The Labute approximate surface area is 148 Å². The van der Waals surface area contributed by atoms with E-state index in [1.54, 1.807) is 6.26 Å². The Morgan fingerprint density at radius 1 is 1.56 bits per heavy atom. The predicted octanol–water partition coefficient (Wildman–Crippen LogP) is 0.0918. The van der Waals surface area contributed by atoms with E-state index >= 15 is 0 Å². The van der Waals surface area contributed by atoms with Crippen LogP contribution in [0.4, 0.5) is 0 Å². The highest BCUT2D eigenvalue weighted by molar-refractivity contribution is 8.11. The highest BCUT2D eigenvalue weighted by Gasteiger charge is 2.43. The van der Waals surface area contributed by atoms with Crippen LogP contribution in [0.2, 0.25) is 0 Å². The van der Waals surface area contributed by atoms with Gasteiger partial charge in [0.15, 0.2) is 5.76 Å². The molecule has 1 aliphatic heterocycles. The van der Waals surface area contributed by atoms with E-state index in [9.17, 15) is 19.5 Å². The number of β-amino-alcohol motifs (C(OH)–C–C–N with tert-alkyl or cyclic N) is 1. The SMILES string of the molecule is CS/C=N\NC(=O)[C@@H]1C[C@@H](O)CN1C(=O)C(c1cc(=O)[nH]o1)C(C)C. The van der Waals surface area contributed by atoms with Crippen molar-refractivity contribution in [3.63, 3.8) is 0 Å². The summed E-state index contributed by atoms with van der Waals surface area (Å²) in [7, 11) is 0. The topological polar surface area (TPSA) is 128 Å². The van der Waals surface area contributed by atoms with Gasteiger partial charge in [-0.2, -0.15) is 10.3 Å². The van der Waals surface area contributed by atoms with Crippen LogP contribution in [0.25, 0.3) is 0 Å². The van der Waals surface area contributed by atoms with Gasteiger partial charge < -0.3 is 14.5 Å². The second-order valence-corrected chi connectivity index (χ2v) is 6.86. The summed E-state index contributed by atoms with van der Waals surface area (Å²) in [5.74, 6) is -1.51. The lowest BCUT2D eigenvalue weighted by molar-refractivity contribution is -0.140. The molecule has 0 radical (unpaired) electrons. The molecule has 25 heavy (non-hydrogen) atoms. The van der Waals surface area contributed by atoms with Crippen molar-refractivity contribution in [3.8, 4) is 0 Å². The minimum atomic E-state index is -0.826. The van der Waals surface area contributed by atoms with Crippen molar-refractivity contribution in [3.05, 3.63) is 22.2 Å². The lowest BCUT2D eigenvalue weighted by atomic mass is 9.91. The number of nitrogens with zero attached hydrogens (tertiary/aromatic N) is 2. The summed E-state index contributed by atoms with van der Waals surface area (Å²) >= 11 is 1.32. The number of aliphatic hydroxyl groups excluding tert-OH is 1. The summed E-state index contributed by atoms with van der Waals surface area (Å²) in [5, 5.41) is 15.9. The maximum atomic E-state index is 13.0. The molecule has 1 fully saturated rings. The number of H-pyrrole nitrogens is 1. The zero-order valence-corrected chi connectivity index (χ0v) is 15.1. The number of carbonyl (C=O) groups excluding carboxylic acids is 2. The normalized spacial score (nSPS) is 21.9. The van der Waals surface area contributed by atoms with Crippen LogP contribution >= 0.6 is 11.8 Å². The molecule has 0 saturated carbocycles. The number of likely N-dealkylation sites (tertiary alicyclic amines) is 1. The number of amides is 2. The largest absolute Gasteiger partial charge is 0.391 e. The number of aromatic nitrogens is 1. The van der Waals surface area contributed by atoms with Gasteiger partial charge in [-0.1, -0.05) is 13.8 Å². The number of hydrogen-bond acceptors (Lipinski definition) is 7. The summed E-state index contributed by atoms with van der Waals surface area (Å²) in [6.07, 6.45) is 1.13. The first-order chi connectivity index (χ1) is 11.8. The molecule has 2 heterocycles. The number of carbonyl (C=O) groups is 2. The molecule has 3 atom stereocenters. The molecule has 0 aliphatic carbocycles. The van der Waals surface area contributed by atoms with Gasteiger partial charge in [0.2, 0.25) is 5.91 Å². The standard InChI is InChI=1S/C15H22N4O5S/c1-8(2)13(11-5-12(21)18-24-11)15(23)19-6-9(20)4-10(19)14(22)17-16-7-25-3/h5,7-10,13,20H,4,6H2,1-3H3,(H,17,22)(H,18,21)/b16-7-/t9-,10+,13?/m1/s1. The fourth-order valence-corrected chi connectivity index (χ4v) is 3.05. The molecule has 0 bridgehead atoms. The van der Waals surface area contributed by atoms with Crippen LogP contribution in [0, 0.1) is 5.92 Å². The summed E-state index contributed by atoms with van der Waals surface area (Å²) < 4.78 is 5.10. The van der Waals surface area contributed by atoms with E-state index in [0.717, 1.165) is 0 Å². The lowest BCUT2D eigenvalue weighted by Crippen LogP contribution is -2.47. The highest BCUT2D eigenvalue weighted by atomic mass is 32.2. The maximum absolute atomic E-state index is 13.0. The molecule has 1 aromatic rings. The Kier molecular flexibility index (Phi) is 6.43. The van der Waals surface area contributed by atoms with E-state index in [2.05, 4.69) is 15.7 Å². The van der Waals surface area contributed by atoms with E-state index < -0.39 is 29.5 Å². The average Bonchev–Trinajstić information content (AvgIpc) is 3.13. The van der Waals surface area contributed by atoms with Gasteiger partial charge in [-0.05, 0) is 12.2 Å². The third-order valence-electron chi connectivity index (χ3n) is 3.98. The molecular formula is C15H22N4O5S. The van der Waals surface area contributed by atoms with Crippen LogP contribution < -0.4 is 11.0 Å². The second-order valence-electron chi connectivity index (χ2n) is 6.18. The summed E-state index contributed by atoms with van der Waals surface area (Å²) in [4.78, 5) is 38.0. The number of rotatable bonds is 6. The average molecular weight is 370 g/mol. The van der Waals surface area contributed by atoms with Gasteiger partial charge in [0.1, 0.15) is 12.0 Å². The number of nitrogens with one attached hydrogen (secondary N) is 2. The van der Waals surface area contributed by atoms with Crippen molar-refractivity contribution in [1.29, 1.82) is 0 Å². The zero-order chi connectivity index (χ0) is 18.6. The minimum absolute atomic E-state index is 0.0427. The van der Waals surface area contributed by atoms with Gasteiger partial charge in [-0.25, -0.2) is 5.43 Å². The monoisotopic (exact) mass is 370 g/mol. The number of aliphatic hydroxyl groups is 1. The third kappa shape index (κ3) is 4.51. The van der Waals surface area contributed by atoms with Crippen molar-refractivity contribution in [2.45, 2.75) is 38.3 Å². The molecule has 1 aliphatic rings. The predicted molar refractivity (Wildman–Crippen MR) is 93.2 cm³/mol. The third-order valence-corrected chi connectivity index (χ3v) is 4.30. The smallest absolute Gasteiger partial charge is 0.280 e. The molecule has 2 amide bonds. The molecule has 0 spiro atoms. The van der Waals surface area contributed by atoms with Crippen molar-refractivity contribution in [2.75, 3.05) is 12.8 Å². The number of aromatic amines is 1. The van der Waals surface area contributed by atoms with Gasteiger partial charge in [0, 0.05) is 19.0 Å². The second kappa shape index (κ2) is 8.34. The minimum Gasteiger partial charge on any atom is -0.391 e. The Balaban J connectivity index is 2.22. The Hall–Kier alpha value is -2.07. The molecule has 3 N–H and O–H groups in total. The van der Waals surface area contributed by atoms with Gasteiger partial charge in [0.25, 0.3) is 11.5 Å². The molecule has 1 aromatic heterocycles. The van der Waals surface area contributed by atoms with E-state index in [0.29, 0.717) is 0 Å². The summed E-state index contributed by atoms with van der Waals surface area (Å²) in [6, 6.07) is 0.404. The zero-order valence-electron chi connectivity index (χ0n) is 14.3. The molecule has 2 rings (SSSR count). The summed E-state index contributed by atoms with van der Waals surface area (Å²) in [5.41, 5.74) is 3.39. The lowest BCUT2D eigenvalue weighted by Gasteiger charge is -2.28. The van der Waals surface area contributed by atoms with Crippen molar-refractivity contribution in [2.24, 2.45) is 11.0 Å². The Morgan fingerprint density at radius 3 is 2.84 bits per heavy atom. The number of hydrazone groups is 1. The fraction of sp³-hybridized carbons (Fsp3) is 0.600. The van der Waals surface area contributed by atoms with Crippen molar-refractivity contribution in [1.82, 2.24) is 15.5 Å². The Bertz CT molecular complexity index is 698. The van der Waals surface area contributed by atoms with Crippen molar-refractivity contribution < 1.29 is 19.2 Å². The molecule has 10 heteroatoms. The highest BCUT2D eigenvalue weighted by Crippen LogP contribution is 2.29. The van der Waals surface area contributed by atoms with Gasteiger partial charge in [-0.3, -0.25) is 14.4 Å². The number of thioether (sulfide) groups is 1. The molecule has 1 saturated heterocycles. The molecule has 0 aromatic carbocycles. The van der Waals surface area contributed by atoms with E-state index in [4.69, 9.17) is 4.52 Å². The van der Waals surface area contributed by atoms with Gasteiger partial charge in [-0.15, -0.1) is 11.8 Å². The molecule has 9 nitrogen and oxygen atoms in total. The first-order valence-electron chi connectivity index (χ1n) is 7.86. The van der Waals surface area contributed by atoms with Crippen LogP contribution in [0.15, 0.2) is 20.5 Å². The number of hydrogen-bond donors (Lipinski definition) is 3. The first kappa shape index (κ1) is 19.3. The van der Waals surface area contributed by atoms with Crippen LogP contribution in [0.3, 0.4) is 0 Å². The van der Waals surface area contributed by atoms with E-state index in [1.165, 1.54) is 28.3 Å². The van der Waals surface area contributed by atoms with Gasteiger partial charge in [0.05, 0.1) is 11.7 Å². The molecule has 1 unspecified atom stereocenters. The van der Waals surface area contributed by atoms with Crippen LogP contribution in [-0.4, -0.2) is 57.5 Å². The van der Waals surface area contributed by atoms with Crippen LogP contribution in [0.5, 0.6) is 0 Å². The van der Waals surface area contributed by atoms with Crippen LogP contribution in [-0.2, 0) is 9.59 Å². The maximum Gasteiger partial charge on any atom is 0.280 e.